The summed E-state index contributed by atoms with van der Waals surface area (Å²) in [5.74, 6) is 0.794. The molecule has 0 aliphatic heterocycles. The number of hydrazone groups is 1. The third kappa shape index (κ3) is 3.97. The monoisotopic (exact) mass is 387 g/mol. The van der Waals surface area contributed by atoms with Crippen molar-refractivity contribution < 1.29 is 4.74 Å². The maximum absolute atomic E-state index is 5.20. The maximum atomic E-state index is 5.20. The molecule has 0 atom stereocenters. The number of nitrogens with one attached hydrogen (secondary N) is 1. The van der Waals surface area contributed by atoms with E-state index in [1.165, 1.54) is 11.3 Å². The Morgan fingerprint density at radius 1 is 1.22 bits per heavy atom. The molecule has 3 rings (SSSR count). The third-order valence-electron chi connectivity index (χ3n) is 3.12. The average molecular weight is 388 g/mol. The lowest BCUT2D eigenvalue weighted by molar-refractivity contribution is 0.412. The van der Waals surface area contributed by atoms with Gasteiger partial charge in [0.25, 0.3) is 0 Å². The Bertz CT molecular complexity index is 818. The van der Waals surface area contributed by atoms with Crippen molar-refractivity contribution >= 4 is 38.6 Å². The lowest BCUT2D eigenvalue weighted by Crippen LogP contribution is -1.91. The van der Waals surface area contributed by atoms with Crippen LogP contribution in [-0.4, -0.2) is 18.3 Å². The summed E-state index contributed by atoms with van der Waals surface area (Å²) >= 11 is 4.98. The number of ether oxygens (including phenoxy) is 1. The number of halogens is 1. The summed E-state index contributed by atoms with van der Waals surface area (Å²) in [7, 11) is 1.64. The number of rotatable bonds is 5. The number of aromatic nitrogens is 1. The van der Waals surface area contributed by atoms with E-state index in [-0.39, 0.29) is 0 Å². The van der Waals surface area contributed by atoms with Crippen molar-refractivity contribution in [1.29, 1.82) is 0 Å². The van der Waals surface area contributed by atoms with E-state index in [9.17, 15) is 0 Å². The standard InChI is InChI=1S/C17H14BrN3OS/c1-22-16-8-7-12(9-14(16)18)10-19-21-17-20-15(11-23-17)13-5-3-2-4-6-13/h2-11H,1H3,(H,20,21)/b19-10-. The van der Waals surface area contributed by atoms with Crippen molar-refractivity contribution in [3.63, 3.8) is 0 Å². The van der Waals surface area contributed by atoms with Gasteiger partial charge < -0.3 is 4.74 Å². The molecule has 0 radical (unpaired) electrons. The number of nitrogens with zero attached hydrogens (tertiary/aromatic N) is 2. The SMILES string of the molecule is COc1ccc(/C=N\Nc2nc(-c3ccccc3)cs2)cc1Br. The average Bonchev–Trinajstić information content (AvgIpc) is 3.05. The first-order chi connectivity index (χ1) is 11.3. The molecule has 0 saturated heterocycles. The minimum Gasteiger partial charge on any atom is -0.496 e. The fraction of sp³-hybridized carbons (Fsp3) is 0.0588. The highest BCUT2D eigenvalue weighted by Gasteiger charge is 2.03. The zero-order chi connectivity index (χ0) is 16.1. The van der Waals surface area contributed by atoms with Crippen LogP contribution in [0.4, 0.5) is 5.13 Å². The molecule has 1 aromatic heterocycles. The molecule has 2 aromatic carbocycles. The molecule has 1 N–H and O–H groups in total. The molecule has 3 aromatic rings. The highest BCUT2D eigenvalue weighted by Crippen LogP contribution is 2.26. The van der Waals surface area contributed by atoms with Crippen molar-refractivity contribution in [3.8, 4) is 17.0 Å². The Hall–Kier alpha value is -2.18. The molecule has 4 nitrogen and oxygen atoms in total. The van der Waals surface area contributed by atoms with Crippen molar-refractivity contribution in [2.24, 2.45) is 5.10 Å². The number of hydrogen-bond donors (Lipinski definition) is 1. The Morgan fingerprint density at radius 2 is 2.04 bits per heavy atom. The molecule has 0 fully saturated rings. The Kier molecular flexibility index (Phi) is 5.05. The third-order valence-corrected chi connectivity index (χ3v) is 4.49. The van der Waals surface area contributed by atoms with E-state index in [1.54, 1.807) is 13.3 Å². The quantitative estimate of drug-likeness (QED) is 0.493. The van der Waals surface area contributed by atoms with Crippen LogP contribution in [0.15, 0.2) is 63.5 Å². The predicted octanol–water partition coefficient (Wildman–Crippen LogP) is 5.03. The number of benzene rings is 2. The van der Waals surface area contributed by atoms with Gasteiger partial charge in [-0.1, -0.05) is 30.3 Å². The first-order valence-electron chi connectivity index (χ1n) is 6.90. The van der Waals surface area contributed by atoms with E-state index in [1.807, 2.05) is 53.9 Å². The zero-order valence-corrected chi connectivity index (χ0v) is 14.8. The maximum Gasteiger partial charge on any atom is 0.203 e. The second-order valence-electron chi connectivity index (χ2n) is 4.67. The second kappa shape index (κ2) is 7.39. The molecular formula is C17H14BrN3OS. The van der Waals surface area contributed by atoms with Gasteiger partial charge >= 0.3 is 0 Å². The predicted molar refractivity (Wildman–Crippen MR) is 99.5 cm³/mol. The second-order valence-corrected chi connectivity index (χ2v) is 6.38. The smallest absolute Gasteiger partial charge is 0.203 e. The van der Waals surface area contributed by atoms with Gasteiger partial charge in [0.05, 0.1) is 23.5 Å². The molecule has 1 heterocycles. The van der Waals surface area contributed by atoms with E-state index < -0.39 is 0 Å². The molecule has 6 heteroatoms. The van der Waals surface area contributed by atoms with E-state index in [0.717, 1.165) is 32.2 Å². The molecule has 0 amide bonds. The largest absolute Gasteiger partial charge is 0.496 e. The topological polar surface area (TPSA) is 46.5 Å². The molecule has 0 unspecified atom stereocenters. The van der Waals surface area contributed by atoms with Gasteiger partial charge in [-0.2, -0.15) is 5.10 Å². The molecular weight excluding hydrogens is 374 g/mol. The van der Waals surface area contributed by atoms with Gasteiger partial charge in [0, 0.05) is 10.9 Å². The van der Waals surface area contributed by atoms with Crippen molar-refractivity contribution in [1.82, 2.24) is 4.98 Å². The molecule has 0 bridgehead atoms. The fourth-order valence-corrected chi connectivity index (χ4v) is 3.22. The van der Waals surface area contributed by atoms with E-state index >= 15 is 0 Å². The number of thiazole rings is 1. The fourth-order valence-electron chi connectivity index (χ4n) is 1.99. The van der Waals surface area contributed by atoms with E-state index in [2.05, 4.69) is 31.4 Å². The van der Waals surface area contributed by atoms with Crippen LogP contribution >= 0.6 is 27.3 Å². The van der Waals surface area contributed by atoms with Gasteiger partial charge in [-0.3, -0.25) is 5.43 Å². The van der Waals surface area contributed by atoms with Crippen LogP contribution in [0.3, 0.4) is 0 Å². The van der Waals surface area contributed by atoms with Crippen LogP contribution in [0.5, 0.6) is 5.75 Å². The minimum atomic E-state index is 0.757. The van der Waals surface area contributed by atoms with Crippen LogP contribution < -0.4 is 10.2 Å². The molecule has 23 heavy (non-hydrogen) atoms. The number of methoxy groups -OCH3 is 1. The number of anilines is 1. The molecule has 0 aliphatic rings. The van der Waals surface area contributed by atoms with Crippen LogP contribution in [-0.2, 0) is 0 Å². The van der Waals surface area contributed by atoms with Gasteiger partial charge in [0.2, 0.25) is 5.13 Å². The van der Waals surface area contributed by atoms with Crippen LogP contribution in [0, 0.1) is 0 Å². The Morgan fingerprint density at radius 3 is 2.78 bits per heavy atom. The summed E-state index contributed by atoms with van der Waals surface area (Å²) in [6.07, 6.45) is 1.74. The van der Waals surface area contributed by atoms with Gasteiger partial charge in [-0.25, -0.2) is 4.98 Å². The van der Waals surface area contributed by atoms with Crippen molar-refractivity contribution in [2.75, 3.05) is 12.5 Å². The Labute approximate surface area is 147 Å². The molecule has 116 valence electrons. The summed E-state index contributed by atoms with van der Waals surface area (Å²) < 4.78 is 6.10. The summed E-state index contributed by atoms with van der Waals surface area (Å²) in [6.45, 7) is 0. The lowest BCUT2D eigenvalue weighted by Gasteiger charge is -2.03. The molecule has 0 aliphatic carbocycles. The Balaban J connectivity index is 1.67. The molecule has 0 spiro atoms. The first kappa shape index (κ1) is 15.7. The van der Waals surface area contributed by atoms with E-state index in [4.69, 9.17) is 4.74 Å². The van der Waals surface area contributed by atoms with Gasteiger partial charge in [0.15, 0.2) is 0 Å². The summed E-state index contributed by atoms with van der Waals surface area (Å²) in [4.78, 5) is 4.52. The lowest BCUT2D eigenvalue weighted by atomic mass is 10.2. The zero-order valence-electron chi connectivity index (χ0n) is 12.4. The van der Waals surface area contributed by atoms with E-state index in [0.29, 0.717) is 0 Å². The normalized spacial score (nSPS) is 10.9. The highest BCUT2D eigenvalue weighted by molar-refractivity contribution is 9.10. The summed E-state index contributed by atoms with van der Waals surface area (Å²) in [6, 6.07) is 15.8. The van der Waals surface area contributed by atoms with Gasteiger partial charge in [-0.15, -0.1) is 11.3 Å². The first-order valence-corrected chi connectivity index (χ1v) is 8.57. The van der Waals surface area contributed by atoms with Crippen LogP contribution in [0.25, 0.3) is 11.3 Å². The summed E-state index contributed by atoms with van der Waals surface area (Å²) in [5, 5.41) is 6.99. The van der Waals surface area contributed by atoms with Gasteiger partial charge in [0.1, 0.15) is 5.75 Å². The highest BCUT2D eigenvalue weighted by atomic mass is 79.9. The van der Waals surface area contributed by atoms with Crippen molar-refractivity contribution in [3.05, 3.63) is 63.9 Å². The molecule has 0 saturated carbocycles. The van der Waals surface area contributed by atoms with Crippen LogP contribution in [0.1, 0.15) is 5.56 Å². The minimum absolute atomic E-state index is 0.757. The summed E-state index contributed by atoms with van der Waals surface area (Å²) in [5.41, 5.74) is 5.97. The number of hydrogen-bond acceptors (Lipinski definition) is 5. The van der Waals surface area contributed by atoms with Crippen molar-refractivity contribution in [2.45, 2.75) is 0 Å². The van der Waals surface area contributed by atoms with Gasteiger partial charge in [-0.05, 0) is 39.7 Å². The van der Waals surface area contributed by atoms with Crippen LogP contribution in [0.2, 0.25) is 0 Å².